The average molecular weight is 258 g/mol. The zero-order valence-electron chi connectivity index (χ0n) is 11.3. The third kappa shape index (κ3) is 3.22. The lowest BCUT2D eigenvalue weighted by molar-refractivity contribution is 0.0982. The first kappa shape index (κ1) is 13.3. The van der Waals surface area contributed by atoms with Gasteiger partial charge in [-0.05, 0) is 30.2 Å². The van der Waals surface area contributed by atoms with Crippen molar-refractivity contribution >= 4 is 5.78 Å². The summed E-state index contributed by atoms with van der Waals surface area (Å²) in [6.45, 7) is 2.84. The van der Waals surface area contributed by atoms with Crippen molar-refractivity contribution < 1.29 is 9.53 Å². The Morgan fingerprint density at radius 1 is 1.37 bits per heavy atom. The largest absolute Gasteiger partial charge is 0.497 e. The predicted molar refractivity (Wildman–Crippen MR) is 73.5 cm³/mol. The highest BCUT2D eigenvalue weighted by Gasteiger charge is 2.12. The van der Waals surface area contributed by atoms with Gasteiger partial charge in [0.25, 0.3) is 0 Å². The van der Waals surface area contributed by atoms with E-state index < -0.39 is 0 Å². The summed E-state index contributed by atoms with van der Waals surface area (Å²) in [5.74, 6) is 0.853. The molecule has 0 saturated carbocycles. The molecule has 1 aromatic carbocycles. The number of aryl methyl sites for hydroxylation is 1. The molecule has 2 aromatic rings. The van der Waals surface area contributed by atoms with Gasteiger partial charge < -0.3 is 4.74 Å². The van der Waals surface area contributed by atoms with Gasteiger partial charge in [-0.3, -0.25) is 9.48 Å². The Kier molecular flexibility index (Phi) is 4.34. The lowest BCUT2D eigenvalue weighted by Crippen LogP contribution is -2.12. The Balaban J connectivity index is 2.13. The van der Waals surface area contributed by atoms with E-state index in [2.05, 4.69) is 12.0 Å². The second-order valence-electron chi connectivity index (χ2n) is 4.39. The van der Waals surface area contributed by atoms with Gasteiger partial charge in [0.15, 0.2) is 5.78 Å². The second-order valence-corrected chi connectivity index (χ2v) is 4.39. The SMILES string of the molecule is CCCn1nccc1C(=O)Cc1cccc(OC)c1. The fourth-order valence-electron chi connectivity index (χ4n) is 2.02. The molecule has 0 spiro atoms. The number of carbonyl (C=O) groups excluding carboxylic acids is 1. The van der Waals surface area contributed by atoms with Gasteiger partial charge in [-0.15, -0.1) is 0 Å². The standard InChI is InChI=1S/C15H18N2O2/c1-3-9-17-14(7-8-16-17)15(18)11-12-5-4-6-13(10-12)19-2/h4-8,10H,3,9,11H2,1-2H3. The minimum atomic E-state index is 0.0826. The van der Waals surface area contributed by atoms with Gasteiger partial charge in [0.05, 0.1) is 7.11 Å². The maximum absolute atomic E-state index is 12.3. The Morgan fingerprint density at radius 2 is 2.21 bits per heavy atom. The molecule has 19 heavy (non-hydrogen) atoms. The van der Waals surface area contributed by atoms with Gasteiger partial charge in [-0.2, -0.15) is 5.10 Å². The number of rotatable bonds is 6. The Bertz CT molecular complexity index is 561. The van der Waals surface area contributed by atoms with Crippen LogP contribution in [0.3, 0.4) is 0 Å². The lowest BCUT2D eigenvalue weighted by Gasteiger charge is -2.06. The molecule has 0 radical (unpaired) electrons. The van der Waals surface area contributed by atoms with E-state index in [9.17, 15) is 4.79 Å². The fraction of sp³-hybridized carbons (Fsp3) is 0.333. The lowest BCUT2D eigenvalue weighted by atomic mass is 10.1. The van der Waals surface area contributed by atoms with E-state index in [0.29, 0.717) is 12.1 Å². The van der Waals surface area contributed by atoms with E-state index in [0.717, 1.165) is 24.3 Å². The Labute approximate surface area is 113 Å². The van der Waals surface area contributed by atoms with E-state index >= 15 is 0 Å². The number of Topliss-reactive ketones (excluding diaryl/α,β-unsaturated/α-hetero) is 1. The van der Waals surface area contributed by atoms with Crippen molar-refractivity contribution in [1.82, 2.24) is 9.78 Å². The molecule has 0 saturated heterocycles. The van der Waals surface area contributed by atoms with Gasteiger partial charge in [0.2, 0.25) is 0 Å². The number of ether oxygens (including phenoxy) is 1. The molecule has 0 amide bonds. The van der Waals surface area contributed by atoms with E-state index in [4.69, 9.17) is 4.74 Å². The van der Waals surface area contributed by atoms with Crippen LogP contribution < -0.4 is 4.74 Å². The number of nitrogens with zero attached hydrogens (tertiary/aromatic N) is 2. The molecule has 0 aliphatic carbocycles. The first-order chi connectivity index (χ1) is 9.24. The summed E-state index contributed by atoms with van der Waals surface area (Å²) in [5, 5.41) is 4.17. The smallest absolute Gasteiger partial charge is 0.185 e. The van der Waals surface area contributed by atoms with Crippen LogP contribution in [-0.2, 0) is 13.0 Å². The summed E-state index contributed by atoms with van der Waals surface area (Å²) in [7, 11) is 1.62. The van der Waals surface area contributed by atoms with Crippen LogP contribution in [0.1, 0.15) is 29.4 Å². The molecular formula is C15H18N2O2. The van der Waals surface area contributed by atoms with Crippen LogP contribution in [0.5, 0.6) is 5.75 Å². The van der Waals surface area contributed by atoms with Crippen molar-refractivity contribution in [2.24, 2.45) is 0 Å². The van der Waals surface area contributed by atoms with Crippen molar-refractivity contribution in [2.45, 2.75) is 26.3 Å². The van der Waals surface area contributed by atoms with Gasteiger partial charge >= 0.3 is 0 Å². The van der Waals surface area contributed by atoms with Crippen molar-refractivity contribution in [1.29, 1.82) is 0 Å². The molecule has 2 rings (SSSR count). The fourth-order valence-corrected chi connectivity index (χ4v) is 2.02. The van der Waals surface area contributed by atoms with Gasteiger partial charge in [-0.25, -0.2) is 0 Å². The minimum Gasteiger partial charge on any atom is -0.497 e. The Morgan fingerprint density at radius 3 is 2.95 bits per heavy atom. The molecule has 4 nitrogen and oxygen atoms in total. The number of methoxy groups -OCH3 is 1. The maximum Gasteiger partial charge on any atom is 0.185 e. The molecule has 0 bridgehead atoms. The summed E-state index contributed by atoms with van der Waals surface area (Å²) < 4.78 is 6.93. The summed E-state index contributed by atoms with van der Waals surface area (Å²) in [5.41, 5.74) is 1.62. The van der Waals surface area contributed by atoms with Crippen LogP contribution >= 0.6 is 0 Å². The predicted octanol–water partition coefficient (Wildman–Crippen LogP) is 2.73. The maximum atomic E-state index is 12.3. The number of ketones is 1. The molecule has 4 heteroatoms. The molecule has 0 fully saturated rings. The molecule has 0 aliphatic heterocycles. The molecule has 0 N–H and O–H groups in total. The molecule has 1 heterocycles. The highest BCUT2D eigenvalue weighted by Crippen LogP contribution is 2.15. The monoisotopic (exact) mass is 258 g/mol. The van der Waals surface area contributed by atoms with Crippen molar-refractivity contribution in [2.75, 3.05) is 7.11 Å². The number of hydrogen-bond donors (Lipinski definition) is 0. The van der Waals surface area contributed by atoms with Crippen molar-refractivity contribution in [3.63, 3.8) is 0 Å². The molecule has 0 unspecified atom stereocenters. The van der Waals surface area contributed by atoms with Gasteiger partial charge in [0, 0.05) is 19.2 Å². The topological polar surface area (TPSA) is 44.1 Å². The van der Waals surface area contributed by atoms with E-state index in [1.54, 1.807) is 24.1 Å². The quantitative estimate of drug-likeness (QED) is 0.748. The van der Waals surface area contributed by atoms with Crippen LogP contribution in [0.2, 0.25) is 0 Å². The first-order valence-corrected chi connectivity index (χ1v) is 6.42. The van der Waals surface area contributed by atoms with Crippen LogP contribution in [0.15, 0.2) is 36.5 Å². The average Bonchev–Trinajstić information content (AvgIpc) is 2.88. The van der Waals surface area contributed by atoms with Crippen molar-refractivity contribution in [3.8, 4) is 5.75 Å². The number of benzene rings is 1. The van der Waals surface area contributed by atoms with E-state index in [-0.39, 0.29) is 5.78 Å². The summed E-state index contributed by atoms with van der Waals surface area (Å²) in [6, 6.07) is 9.36. The van der Waals surface area contributed by atoms with Gasteiger partial charge in [0.1, 0.15) is 11.4 Å². The van der Waals surface area contributed by atoms with Crippen LogP contribution in [-0.4, -0.2) is 22.7 Å². The third-order valence-corrected chi connectivity index (χ3v) is 2.94. The highest BCUT2D eigenvalue weighted by atomic mass is 16.5. The number of hydrogen-bond acceptors (Lipinski definition) is 3. The molecule has 1 aromatic heterocycles. The Hall–Kier alpha value is -2.10. The minimum absolute atomic E-state index is 0.0826. The summed E-state index contributed by atoms with van der Waals surface area (Å²) in [6.07, 6.45) is 3.00. The van der Waals surface area contributed by atoms with Crippen LogP contribution in [0.4, 0.5) is 0 Å². The third-order valence-electron chi connectivity index (χ3n) is 2.94. The highest BCUT2D eigenvalue weighted by molar-refractivity contribution is 5.96. The zero-order valence-corrected chi connectivity index (χ0v) is 11.3. The first-order valence-electron chi connectivity index (χ1n) is 6.42. The normalized spacial score (nSPS) is 10.4. The van der Waals surface area contributed by atoms with Crippen LogP contribution in [0, 0.1) is 0 Å². The van der Waals surface area contributed by atoms with Gasteiger partial charge in [-0.1, -0.05) is 19.1 Å². The number of carbonyl (C=O) groups is 1. The number of aromatic nitrogens is 2. The van der Waals surface area contributed by atoms with E-state index in [1.165, 1.54) is 0 Å². The molecular weight excluding hydrogens is 240 g/mol. The zero-order chi connectivity index (χ0) is 13.7. The summed E-state index contributed by atoms with van der Waals surface area (Å²) in [4.78, 5) is 12.3. The molecule has 100 valence electrons. The van der Waals surface area contributed by atoms with E-state index in [1.807, 2.05) is 24.3 Å². The van der Waals surface area contributed by atoms with Crippen LogP contribution in [0.25, 0.3) is 0 Å². The molecule has 0 atom stereocenters. The summed E-state index contributed by atoms with van der Waals surface area (Å²) >= 11 is 0. The second kappa shape index (κ2) is 6.18. The molecule has 0 aliphatic rings. The van der Waals surface area contributed by atoms with Crippen molar-refractivity contribution in [3.05, 3.63) is 47.8 Å².